The molecule has 0 saturated carbocycles. The standard InChI is InChI=1S/C7H6F5NO/c8-6(9,7(10,11)12)5(13)4-1-2-14-3-4/h1-3,5H,13H2/t5-/m1/s1. The van der Waals surface area contributed by atoms with Crippen LogP contribution in [0.2, 0.25) is 0 Å². The Morgan fingerprint density at radius 3 is 2.14 bits per heavy atom. The van der Waals surface area contributed by atoms with Gasteiger partial charge in [0.2, 0.25) is 0 Å². The molecular weight excluding hydrogens is 209 g/mol. The quantitative estimate of drug-likeness (QED) is 0.769. The molecule has 2 nitrogen and oxygen atoms in total. The zero-order valence-corrected chi connectivity index (χ0v) is 6.68. The molecule has 1 rings (SSSR count). The highest BCUT2D eigenvalue weighted by Gasteiger charge is 2.61. The van der Waals surface area contributed by atoms with Gasteiger partial charge in [0.25, 0.3) is 0 Å². The van der Waals surface area contributed by atoms with Gasteiger partial charge in [-0.1, -0.05) is 0 Å². The van der Waals surface area contributed by atoms with Crippen molar-refractivity contribution in [3.8, 4) is 0 Å². The molecule has 0 aliphatic rings. The van der Waals surface area contributed by atoms with Gasteiger partial charge < -0.3 is 10.2 Å². The van der Waals surface area contributed by atoms with E-state index >= 15 is 0 Å². The van der Waals surface area contributed by atoms with Crippen LogP contribution in [0.3, 0.4) is 0 Å². The molecule has 7 heteroatoms. The molecule has 1 heterocycles. The number of hydrogen-bond acceptors (Lipinski definition) is 2. The van der Waals surface area contributed by atoms with Gasteiger partial charge in [-0.15, -0.1) is 0 Å². The van der Waals surface area contributed by atoms with Crippen LogP contribution in [-0.4, -0.2) is 12.1 Å². The van der Waals surface area contributed by atoms with Crippen LogP contribution in [0.5, 0.6) is 0 Å². The molecule has 0 aromatic carbocycles. The molecule has 0 fully saturated rings. The smallest absolute Gasteiger partial charge is 0.455 e. The van der Waals surface area contributed by atoms with Crippen LogP contribution in [0, 0.1) is 0 Å². The van der Waals surface area contributed by atoms with E-state index in [0.29, 0.717) is 0 Å². The fourth-order valence-electron chi connectivity index (χ4n) is 0.838. The molecule has 80 valence electrons. The summed E-state index contributed by atoms with van der Waals surface area (Å²) < 4.78 is 65.0. The van der Waals surface area contributed by atoms with Crippen LogP contribution >= 0.6 is 0 Å². The van der Waals surface area contributed by atoms with E-state index in [1.165, 1.54) is 0 Å². The fraction of sp³-hybridized carbons (Fsp3) is 0.429. The zero-order valence-electron chi connectivity index (χ0n) is 6.68. The summed E-state index contributed by atoms with van der Waals surface area (Å²) in [5.41, 5.74) is 4.38. The molecule has 0 radical (unpaired) electrons. The Kier molecular flexibility index (Phi) is 2.53. The summed E-state index contributed by atoms with van der Waals surface area (Å²) in [5.74, 6) is -4.96. The summed E-state index contributed by atoms with van der Waals surface area (Å²) in [6, 6.07) is -1.48. The number of hydrogen-bond donors (Lipinski definition) is 1. The SMILES string of the molecule is N[C@H](c1ccoc1)C(F)(F)C(F)(F)F. The van der Waals surface area contributed by atoms with Crippen LogP contribution in [-0.2, 0) is 0 Å². The maximum Gasteiger partial charge on any atom is 0.455 e. The van der Waals surface area contributed by atoms with Crippen molar-refractivity contribution in [3.05, 3.63) is 24.2 Å². The summed E-state index contributed by atoms with van der Waals surface area (Å²) in [5, 5.41) is 0. The lowest BCUT2D eigenvalue weighted by Crippen LogP contribution is -2.45. The average molecular weight is 215 g/mol. The lowest BCUT2D eigenvalue weighted by atomic mass is 10.0. The molecule has 1 atom stereocenters. The zero-order chi connectivity index (χ0) is 11.0. The van der Waals surface area contributed by atoms with Gasteiger partial charge in [0, 0.05) is 5.56 Å². The van der Waals surface area contributed by atoms with Crippen molar-refractivity contribution in [2.45, 2.75) is 18.1 Å². The first-order valence-electron chi connectivity index (χ1n) is 3.49. The van der Waals surface area contributed by atoms with Gasteiger partial charge in [0.15, 0.2) is 0 Å². The molecule has 0 spiro atoms. The van der Waals surface area contributed by atoms with Crippen LogP contribution in [0.15, 0.2) is 23.0 Å². The van der Waals surface area contributed by atoms with Gasteiger partial charge in [0.1, 0.15) is 6.04 Å². The highest BCUT2D eigenvalue weighted by atomic mass is 19.4. The van der Waals surface area contributed by atoms with E-state index in [9.17, 15) is 22.0 Å². The number of halogens is 5. The largest absolute Gasteiger partial charge is 0.472 e. The highest BCUT2D eigenvalue weighted by molar-refractivity contribution is 5.15. The second kappa shape index (κ2) is 3.23. The van der Waals surface area contributed by atoms with Gasteiger partial charge in [0.05, 0.1) is 12.5 Å². The first-order valence-corrected chi connectivity index (χ1v) is 3.49. The van der Waals surface area contributed by atoms with Crippen LogP contribution < -0.4 is 5.73 Å². The Morgan fingerprint density at radius 1 is 1.21 bits per heavy atom. The maximum absolute atomic E-state index is 12.6. The lowest BCUT2D eigenvalue weighted by Gasteiger charge is -2.24. The summed E-state index contributed by atoms with van der Waals surface area (Å²) in [6.45, 7) is 0. The van der Waals surface area contributed by atoms with Crippen molar-refractivity contribution in [2.24, 2.45) is 5.73 Å². The molecule has 0 aliphatic carbocycles. The van der Waals surface area contributed by atoms with E-state index in [1.807, 2.05) is 0 Å². The van der Waals surface area contributed by atoms with Crippen LogP contribution in [0.4, 0.5) is 22.0 Å². The van der Waals surface area contributed by atoms with Crippen molar-refractivity contribution < 1.29 is 26.4 Å². The fourth-order valence-corrected chi connectivity index (χ4v) is 0.838. The third kappa shape index (κ3) is 1.72. The monoisotopic (exact) mass is 215 g/mol. The van der Waals surface area contributed by atoms with Gasteiger partial charge in [-0.2, -0.15) is 22.0 Å². The third-order valence-electron chi connectivity index (χ3n) is 1.67. The van der Waals surface area contributed by atoms with Crippen molar-refractivity contribution in [1.29, 1.82) is 0 Å². The van der Waals surface area contributed by atoms with E-state index < -0.39 is 23.7 Å². The first kappa shape index (κ1) is 11.0. The van der Waals surface area contributed by atoms with E-state index in [4.69, 9.17) is 5.73 Å². The summed E-state index contributed by atoms with van der Waals surface area (Å²) >= 11 is 0. The summed E-state index contributed by atoms with van der Waals surface area (Å²) in [6.07, 6.45) is -3.93. The van der Waals surface area contributed by atoms with Gasteiger partial charge in [-0.25, -0.2) is 0 Å². The second-order valence-corrected chi connectivity index (χ2v) is 2.66. The van der Waals surface area contributed by atoms with Gasteiger partial charge >= 0.3 is 12.1 Å². The minimum absolute atomic E-state index is 0.396. The predicted molar refractivity (Wildman–Crippen MR) is 36.6 cm³/mol. The topological polar surface area (TPSA) is 39.2 Å². The second-order valence-electron chi connectivity index (χ2n) is 2.66. The molecule has 0 bridgehead atoms. The molecule has 0 amide bonds. The van der Waals surface area contributed by atoms with Gasteiger partial charge in [-0.3, -0.25) is 0 Å². The number of nitrogens with two attached hydrogens (primary N) is 1. The van der Waals surface area contributed by atoms with Crippen molar-refractivity contribution in [1.82, 2.24) is 0 Å². The summed E-state index contributed by atoms with van der Waals surface area (Å²) in [4.78, 5) is 0. The lowest BCUT2D eigenvalue weighted by molar-refractivity contribution is -0.291. The Hall–Kier alpha value is -1.11. The van der Waals surface area contributed by atoms with E-state index in [2.05, 4.69) is 4.42 Å². The maximum atomic E-state index is 12.6. The molecule has 14 heavy (non-hydrogen) atoms. The first-order chi connectivity index (χ1) is 6.27. The van der Waals surface area contributed by atoms with Crippen molar-refractivity contribution in [3.63, 3.8) is 0 Å². The number of alkyl halides is 5. The minimum Gasteiger partial charge on any atom is -0.472 e. The van der Waals surface area contributed by atoms with Crippen molar-refractivity contribution >= 4 is 0 Å². The van der Waals surface area contributed by atoms with E-state index in [-0.39, 0.29) is 0 Å². The minimum atomic E-state index is -5.66. The molecule has 1 aromatic rings. The van der Waals surface area contributed by atoms with Gasteiger partial charge in [-0.05, 0) is 6.07 Å². The highest BCUT2D eigenvalue weighted by Crippen LogP contribution is 2.43. The van der Waals surface area contributed by atoms with E-state index in [1.54, 1.807) is 0 Å². The Labute approximate surface area is 75.5 Å². The number of rotatable bonds is 2. The predicted octanol–water partition coefficient (Wildman–Crippen LogP) is 2.48. The van der Waals surface area contributed by atoms with Crippen LogP contribution in [0.25, 0.3) is 0 Å². The summed E-state index contributed by atoms with van der Waals surface area (Å²) in [7, 11) is 0. The number of furan rings is 1. The van der Waals surface area contributed by atoms with Crippen LogP contribution in [0.1, 0.15) is 11.6 Å². The Balaban J connectivity index is 2.94. The van der Waals surface area contributed by atoms with E-state index in [0.717, 1.165) is 18.6 Å². The Morgan fingerprint density at radius 2 is 1.79 bits per heavy atom. The molecule has 1 aromatic heterocycles. The average Bonchev–Trinajstić information content (AvgIpc) is 2.52. The molecule has 0 unspecified atom stereocenters. The molecule has 0 aliphatic heterocycles. The molecular formula is C7H6F5NO. The molecule has 2 N–H and O–H groups in total. The van der Waals surface area contributed by atoms with Crippen molar-refractivity contribution in [2.75, 3.05) is 0 Å². The third-order valence-corrected chi connectivity index (χ3v) is 1.67. The Bertz CT molecular complexity index is 292. The molecule has 0 saturated heterocycles. The normalized spacial score (nSPS) is 15.6.